The minimum atomic E-state index is -4.56. The van der Waals surface area contributed by atoms with Gasteiger partial charge in [-0.3, -0.25) is 0 Å². The normalized spacial score (nSPS) is 14.1. The highest BCUT2D eigenvalue weighted by Crippen LogP contribution is 2.37. The second-order valence-corrected chi connectivity index (χ2v) is 4.27. The van der Waals surface area contributed by atoms with Crippen LogP contribution in [0.4, 0.5) is 17.6 Å². The van der Waals surface area contributed by atoms with Crippen LogP contribution in [0.15, 0.2) is 22.8 Å². The molecule has 2 nitrogen and oxygen atoms in total. The molecule has 0 radical (unpaired) electrons. The van der Waals surface area contributed by atoms with Crippen LogP contribution in [0.5, 0.6) is 0 Å². The number of halogens is 4. The average molecular weight is 261 g/mol. The summed E-state index contributed by atoms with van der Waals surface area (Å²) in [6.45, 7) is 1.68. The van der Waals surface area contributed by atoms with Crippen molar-refractivity contribution in [1.82, 2.24) is 0 Å². The molecule has 0 amide bonds. The van der Waals surface area contributed by atoms with Gasteiger partial charge in [-0.15, -0.1) is 0 Å². The van der Waals surface area contributed by atoms with Crippen LogP contribution in [0.1, 0.15) is 18.1 Å². The molecule has 0 saturated carbocycles. The first kappa shape index (κ1) is 12.9. The van der Waals surface area contributed by atoms with Crippen molar-refractivity contribution in [2.24, 2.45) is 5.73 Å². The SMILES string of the molecule is CC(N)Cc1cc(F)cc2c(C(F)(F)F)coc12. The Morgan fingerprint density at radius 3 is 2.56 bits per heavy atom. The molecule has 0 spiro atoms. The molecule has 1 heterocycles. The van der Waals surface area contributed by atoms with Gasteiger partial charge in [-0.1, -0.05) is 0 Å². The highest BCUT2D eigenvalue weighted by molar-refractivity contribution is 5.84. The number of fused-ring (bicyclic) bond motifs is 1. The summed E-state index contributed by atoms with van der Waals surface area (Å²) in [4.78, 5) is 0. The summed E-state index contributed by atoms with van der Waals surface area (Å²) >= 11 is 0. The van der Waals surface area contributed by atoms with Gasteiger partial charge >= 0.3 is 6.18 Å². The van der Waals surface area contributed by atoms with E-state index in [0.717, 1.165) is 12.1 Å². The van der Waals surface area contributed by atoms with E-state index in [9.17, 15) is 17.6 Å². The van der Waals surface area contributed by atoms with E-state index >= 15 is 0 Å². The molecule has 2 N–H and O–H groups in total. The Morgan fingerprint density at radius 1 is 1.33 bits per heavy atom. The molecule has 1 unspecified atom stereocenters. The van der Waals surface area contributed by atoms with Crippen LogP contribution in [-0.4, -0.2) is 6.04 Å². The average Bonchev–Trinajstić information content (AvgIpc) is 2.58. The summed E-state index contributed by atoms with van der Waals surface area (Å²) in [7, 11) is 0. The molecule has 0 saturated heterocycles. The van der Waals surface area contributed by atoms with E-state index < -0.39 is 17.6 Å². The van der Waals surface area contributed by atoms with Crippen molar-refractivity contribution in [1.29, 1.82) is 0 Å². The first-order chi connectivity index (χ1) is 8.29. The van der Waals surface area contributed by atoms with Crippen LogP contribution in [0, 0.1) is 5.82 Å². The highest BCUT2D eigenvalue weighted by atomic mass is 19.4. The molecule has 0 aliphatic rings. The summed E-state index contributed by atoms with van der Waals surface area (Å²) < 4.78 is 56.3. The number of hydrogen-bond acceptors (Lipinski definition) is 2. The lowest BCUT2D eigenvalue weighted by atomic mass is 10.0. The van der Waals surface area contributed by atoms with E-state index in [1.807, 2.05) is 0 Å². The van der Waals surface area contributed by atoms with Crippen molar-refractivity contribution in [2.75, 3.05) is 0 Å². The summed E-state index contributed by atoms with van der Waals surface area (Å²) in [5.74, 6) is -0.731. The number of furan rings is 1. The zero-order valence-corrected chi connectivity index (χ0v) is 9.51. The highest BCUT2D eigenvalue weighted by Gasteiger charge is 2.35. The Bertz CT molecular complexity index is 571. The molecule has 18 heavy (non-hydrogen) atoms. The van der Waals surface area contributed by atoms with Crippen molar-refractivity contribution in [2.45, 2.75) is 25.6 Å². The fraction of sp³-hybridized carbons (Fsp3) is 0.333. The Balaban J connectivity index is 2.65. The Labute approximate surface area is 100 Å². The molecule has 1 aromatic heterocycles. The van der Waals surface area contributed by atoms with Gasteiger partial charge in [-0.25, -0.2) is 4.39 Å². The van der Waals surface area contributed by atoms with Gasteiger partial charge in [0.15, 0.2) is 0 Å². The number of nitrogens with two attached hydrogens (primary N) is 1. The second kappa shape index (κ2) is 4.28. The van der Waals surface area contributed by atoms with Gasteiger partial charge in [-0.2, -0.15) is 13.2 Å². The molecule has 0 bridgehead atoms. The van der Waals surface area contributed by atoms with Crippen LogP contribution >= 0.6 is 0 Å². The standard InChI is InChI=1S/C12H11F4NO/c1-6(17)2-7-3-8(13)4-9-10(12(14,15)16)5-18-11(7)9/h3-6H,2,17H2,1H3. The maximum atomic E-state index is 13.3. The van der Waals surface area contributed by atoms with Crippen molar-refractivity contribution < 1.29 is 22.0 Å². The first-order valence-electron chi connectivity index (χ1n) is 5.31. The van der Waals surface area contributed by atoms with Crippen molar-refractivity contribution in [3.63, 3.8) is 0 Å². The smallest absolute Gasteiger partial charge is 0.420 e. The first-order valence-corrected chi connectivity index (χ1v) is 5.31. The quantitative estimate of drug-likeness (QED) is 0.840. The number of hydrogen-bond donors (Lipinski definition) is 1. The number of rotatable bonds is 2. The molecule has 6 heteroatoms. The molecule has 0 fully saturated rings. The molecular weight excluding hydrogens is 250 g/mol. The maximum Gasteiger partial charge on any atom is 0.420 e. The fourth-order valence-electron chi connectivity index (χ4n) is 1.89. The monoisotopic (exact) mass is 261 g/mol. The lowest BCUT2D eigenvalue weighted by molar-refractivity contribution is -0.136. The van der Waals surface area contributed by atoms with Crippen LogP contribution < -0.4 is 5.73 Å². The third-order valence-corrected chi connectivity index (χ3v) is 2.56. The van der Waals surface area contributed by atoms with Crippen molar-refractivity contribution in [3.8, 4) is 0 Å². The van der Waals surface area contributed by atoms with Crippen LogP contribution in [0.25, 0.3) is 11.0 Å². The molecule has 98 valence electrons. The lowest BCUT2D eigenvalue weighted by Crippen LogP contribution is -2.18. The molecular formula is C12H11F4NO. The maximum absolute atomic E-state index is 13.3. The Kier molecular flexibility index (Phi) is 3.06. The number of benzene rings is 1. The zero-order chi connectivity index (χ0) is 13.5. The largest absolute Gasteiger partial charge is 0.463 e. The van der Waals surface area contributed by atoms with E-state index in [-0.39, 0.29) is 23.4 Å². The van der Waals surface area contributed by atoms with E-state index in [1.54, 1.807) is 6.92 Å². The van der Waals surface area contributed by atoms with E-state index in [0.29, 0.717) is 11.8 Å². The third kappa shape index (κ3) is 2.33. The van der Waals surface area contributed by atoms with Gasteiger partial charge in [0.25, 0.3) is 0 Å². The lowest BCUT2D eigenvalue weighted by Gasteiger charge is -2.07. The van der Waals surface area contributed by atoms with Gasteiger partial charge in [0.2, 0.25) is 0 Å². The Morgan fingerprint density at radius 2 is 2.00 bits per heavy atom. The van der Waals surface area contributed by atoms with Crippen molar-refractivity contribution in [3.05, 3.63) is 35.3 Å². The fourth-order valence-corrected chi connectivity index (χ4v) is 1.89. The number of alkyl halides is 3. The molecule has 2 aromatic rings. The zero-order valence-electron chi connectivity index (χ0n) is 9.51. The summed E-state index contributed by atoms with van der Waals surface area (Å²) in [6.07, 6.45) is -3.71. The minimum Gasteiger partial charge on any atom is -0.463 e. The molecule has 2 rings (SSSR count). The van der Waals surface area contributed by atoms with Crippen LogP contribution in [0.3, 0.4) is 0 Å². The van der Waals surface area contributed by atoms with Gasteiger partial charge in [-0.05, 0) is 31.0 Å². The topological polar surface area (TPSA) is 39.2 Å². The van der Waals surface area contributed by atoms with Gasteiger partial charge in [0.1, 0.15) is 23.2 Å². The van der Waals surface area contributed by atoms with Gasteiger partial charge < -0.3 is 10.2 Å². The molecule has 1 aromatic carbocycles. The molecule has 0 aliphatic carbocycles. The van der Waals surface area contributed by atoms with E-state index in [2.05, 4.69) is 0 Å². The van der Waals surface area contributed by atoms with Gasteiger partial charge in [0.05, 0.1) is 0 Å². The van der Waals surface area contributed by atoms with Gasteiger partial charge in [0, 0.05) is 11.4 Å². The second-order valence-electron chi connectivity index (χ2n) is 4.27. The summed E-state index contributed by atoms with van der Waals surface area (Å²) in [5.41, 5.74) is 4.99. The summed E-state index contributed by atoms with van der Waals surface area (Å²) in [6, 6.07) is 1.68. The molecule has 1 atom stereocenters. The predicted octanol–water partition coefficient (Wildman–Crippen LogP) is 3.48. The summed E-state index contributed by atoms with van der Waals surface area (Å²) in [5, 5.41) is -0.266. The Hall–Kier alpha value is -1.56. The van der Waals surface area contributed by atoms with E-state index in [1.165, 1.54) is 0 Å². The van der Waals surface area contributed by atoms with Crippen LogP contribution in [0.2, 0.25) is 0 Å². The minimum absolute atomic E-state index is 0.0426. The predicted molar refractivity (Wildman–Crippen MR) is 58.5 cm³/mol. The van der Waals surface area contributed by atoms with Crippen LogP contribution in [-0.2, 0) is 12.6 Å². The van der Waals surface area contributed by atoms with Crippen molar-refractivity contribution >= 4 is 11.0 Å². The third-order valence-electron chi connectivity index (χ3n) is 2.56. The molecule has 0 aliphatic heterocycles. The van der Waals surface area contributed by atoms with E-state index in [4.69, 9.17) is 10.2 Å².